The van der Waals surface area contributed by atoms with E-state index in [2.05, 4.69) is 5.32 Å². The third-order valence-electron chi connectivity index (χ3n) is 5.09. The van der Waals surface area contributed by atoms with Gasteiger partial charge in [-0.05, 0) is 40.2 Å². The zero-order valence-corrected chi connectivity index (χ0v) is 19.5. The number of amides is 1. The molecule has 1 amide bonds. The minimum atomic E-state index is -0.864. The molecule has 2 aliphatic heterocycles. The molecular weight excluding hydrogens is 418 g/mol. The summed E-state index contributed by atoms with van der Waals surface area (Å²) in [6, 6.07) is 9.33. The molecule has 5 atom stereocenters. The lowest BCUT2D eigenvalue weighted by Gasteiger charge is -2.29. The Hall–Kier alpha value is -2.20. The van der Waals surface area contributed by atoms with Crippen LogP contribution in [-0.2, 0) is 39.8 Å². The van der Waals surface area contributed by atoms with E-state index in [0.717, 1.165) is 5.56 Å². The van der Waals surface area contributed by atoms with Gasteiger partial charge in [0.15, 0.2) is 12.1 Å². The first-order valence-corrected chi connectivity index (χ1v) is 10.7. The number of carbonyl (C=O) groups is 2. The number of hydrogen-bond donors (Lipinski definition) is 1. The van der Waals surface area contributed by atoms with E-state index in [1.807, 2.05) is 30.3 Å². The number of rotatable bonds is 7. The van der Waals surface area contributed by atoms with Crippen LogP contribution in [0.25, 0.3) is 0 Å². The highest BCUT2D eigenvalue weighted by Crippen LogP contribution is 2.40. The molecule has 0 spiro atoms. The molecule has 178 valence electrons. The first kappa shape index (κ1) is 24.4. The number of fused-ring (bicyclic) bond motifs is 1. The lowest BCUT2D eigenvalue weighted by atomic mass is 9.96. The SMILES string of the molecule is CO[C@@H]1[C@H]2OC(C)(C)O[C@H]2O[C@@H]1[C@@H](CNC(=O)OC(C)(C)C)C(=O)OCc1ccccc1. The van der Waals surface area contributed by atoms with E-state index in [4.69, 9.17) is 28.4 Å². The van der Waals surface area contributed by atoms with Crippen molar-refractivity contribution in [1.82, 2.24) is 5.32 Å². The van der Waals surface area contributed by atoms with Gasteiger partial charge < -0.3 is 33.7 Å². The number of ether oxygens (including phenoxy) is 6. The van der Waals surface area contributed by atoms with E-state index in [1.165, 1.54) is 7.11 Å². The molecule has 32 heavy (non-hydrogen) atoms. The first-order chi connectivity index (χ1) is 15.0. The van der Waals surface area contributed by atoms with Gasteiger partial charge in [-0.25, -0.2) is 4.79 Å². The van der Waals surface area contributed by atoms with E-state index in [0.29, 0.717) is 0 Å². The van der Waals surface area contributed by atoms with Crippen LogP contribution < -0.4 is 5.32 Å². The van der Waals surface area contributed by atoms with Gasteiger partial charge in [0.05, 0.1) is 0 Å². The molecule has 0 aliphatic carbocycles. The number of alkyl carbamates (subject to hydrolysis) is 1. The number of hydrogen-bond acceptors (Lipinski definition) is 8. The molecule has 3 rings (SSSR count). The topological polar surface area (TPSA) is 102 Å². The molecule has 2 saturated heterocycles. The fraction of sp³-hybridized carbons (Fsp3) is 0.652. The summed E-state index contributed by atoms with van der Waals surface area (Å²) < 4.78 is 34.2. The highest BCUT2D eigenvalue weighted by Gasteiger charge is 2.58. The summed E-state index contributed by atoms with van der Waals surface area (Å²) >= 11 is 0. The van der Waals surface area contributed by atoms with Crippen LogP contribution >= 0.6 is 0 Å². The van der Waals surface area contributed by atoms with Crippen molar-refractivity contribution in [3.05, 3.63) is 35.9 Å². The van der Waals surface area contributed by atoms with Crippen molar-refractivity contribution in [3.63, 3.8) is 0 Å². The first-order valence-electron chi connectivity index (χ1n) is 10.7. The molecule has 1 aromatic carbocycles. The Kier molecular flexibility index (Phi) is 7.44. The zero-order chi connectivity index (χ0) is 23.5. The average Bonchev–Trinajstić information content (AvgIpc) is 3.17. The number of carbonyl (C=O) groups excluding carboxylic acids is 2. The lowest BCUT2D eigenvalue weighted by Crippen LogP contribution is -2.47. The van der Waals surface area contributed by atoms with Crippen molar-refractivity contribution < 1.29 is 38.0 Å². The van der Waals surface area contributed by atoms with Crippen molar-refractivity contribution in [2.45, 2.75) is 77.2 Å². The number of methoxy groups -OCH3 is 1. The Bertz CT molecular complexity index is 791. The molecular formula is C23H33NO8. The van der Waals surface area contributed by atoms with Crippen LogP contribution in [0, 0.1) is 5.92 Å². The second-order valence-electron chi connectivity index (χ2n) is 9.35. The Morgan fingerprint density at radius 2 is 1.84 bits per heavy atom. The Morgan fingerprint density at radius 1 is 1.16 bits per heavy atom. The van der Waals surface area contributed by atoms with E-state index < -0.39 is 54.0 Å². The predicted molar refractivity (Wildman–Crippen MR) is 113 cm³/mol. The van der Waals surface area contributed by atoms with E-state index in [1.54, 1.807) is 34.6 Å². The largest absolute Gasteiger partial charge is 0.460 e. The van der Waals surface area contributed by atoms with Crippen LogP contribution in [0.3, 0.4) is 0 Å². The van der Waals surface area contributed by atoms with Crippen LogP contribution in [0.2, 0.25) is 0 Å². The molecule has 9 heteroatoms. The van der Waals surface area contributed by atoms with Crippen LogP contribution in [0.4, 0.5) is 4.79 Å². The number of nitrogens with one attached hydrogen (secondary N) is 1. The Balaban J connectivity index is 1.72. The standard InChI is InChI=1S/C23H33NO8/c1-22(2,3)32-21(26)24-12-15(19(25)28-13-14-10-8-7-9-11-14)16-17(27-6)18-20(29-16)31-23(4,5)30-18/h7-11,15-18,20H,12-13H2,1-6H3,(H,24,26)/t15-,16-,17+,18-,20-/m1/s1. The summed E-state index contributed by atoms with van der Waals surface area (Å²) in [7, 11) is 1.52. The van der Waals surface area contributed by atoms with Gasteiger partial charge in [-0.2, -0.15) is 0 Å². The van der Waals surface area contributed by atoms with Crippen LogP contribution in [0.1, 0.15) is 40.2 Å². The molecule has 2 aliphatic rings. The van der Waals surface area contributed by atoms with Gasteiger partial charge in [-0.15, -0.1) is 0 Å². The second kappa shape index (κ2) is 9.74. The molecule has 0 aromatic heterocycles. The van der Waals surface area contributed by atoms with Crippen molar-refractivity contribution in [3.8, 4) is 0 Å². The van der Waals surface area contributed by atoms with E-state index in [9.17, 15) is 9.59 Å². The number of esters is 1. The summed E-state index contributed by atoms with van der Waals surface area (Å²) in [5.41, 5.74) is 0.178. The number of benzene rings is 1. The predicted octanol–water partition coefficient (Wildman–Crippen LogP) is 2.76. The third kappa shape index (κ3) is 6.19. The quantitative estimate of drug-likeness (QED) is 0.632. The van der Waals surface area contributed by atoms with Crippen molar-refractivity contribution in [2.24, 2.45) is 5.92 Å². The summed E-state index contributed by atoms with van der Waals surface area (Å²) in [5.74, 6) is -2.22. The average molecular weight is 452 g/mol. The Morgan fingerprint density at radius 3 is 2.47 bits per heavy atom. The normalized spacial score (nSPS) is 27.4. The molecule has 1 N–H and O–H groups in total. The van der Waals surface area contributed by atoms with E-state index >= 15 is 0 Å². The van der Waals surface area contributed by atoms with Gasteiger partial charge in [-0.3, -0.25) is 4.79 Å². The lowest BCUT2D eigenvalue weighted by molar-refractivity contribution is -0.224. The van der Waals surface area contributed by atoms with Crippen LogP contribution in [0.5, 0.6) is 0 Å². The summed E-state index contributed by atoms with van der Waals surface area (Å²) in [4.78, 5) is 25.3. The fourth-order valence-electron chi connectivity index (χ4n) is 3.77. The van der Waals surface area contributed by atoms with Gasteiger partial charge in [0.2, 0.25) is 0 Å². The molecule has 9 nitrogen and oxygen atoms in total. The van der Waals surface area contributed by atoms with Crippen LogP contribution in [-0.4, -0.2) is 61.7 Å². The molecule has 0 bridgehead atoms. The summed E-state index contributed by atoms with van der Waals surface area (Å²) in [6.45, 7) is 8.89. The molecule has 1 aromatic rings. The molecule has 0 unspecified atom stereocenters. The minimum Gasteiger partial charge on any atom is -0.460 e. The summed E-state index contributed by atoms with van der Waals surface area (Å²) in [6.07, 6.45) is -3.17. The zero-order valence-electron chi connectivity index (χ0n) is 19.5. The molecule has 2 fully saturated rings. The van der Waals surface area contributed by atoms with E-state index in [-0.39, 0.29) is 13.2 Å². The molecule has 0 saturated carbocycles. The molecule has 2 heterocycles. The third-order valence-corrected chi connectivity index (χ3v) is 5.09. The van der Waals surface area contributed by atoms with Gasteiger partial charge in [-0.1, -0.05) is 30.3 Å². The maximum absolute atomic E-state index is 13.1. The van der Waals surface area contributed by atoms with Crippen LogP contribution in [0.15, 0.2) is 30.3 Å². The van der Waals surface area contributed by atoms with Gasteiger partial charge >= 0.3 is 12.1 Å². The van der Waals surface area contributed by atoms with Crippen molar-refractivity contribution in [1.29, 1.82) is 0 Å². The smallest absolute Gasteiger partial charge is 0.407 e. The highest BCUT2D eigenvalue weighted by molar-refractivity contribution is 5.75. The van der Waals surface area contributed by atoms with Gasteiger partial charge in [0.25, 0.3) is 0 Å². The van der Waals surface area contributed by atoms with Gasteiger partial charge in [0.1, 0.15) is 36.4 Å². The van der Waals surface area contributed by atoms with Crippen molar-refractivity contribution in [2.75, 3.05) is 13.7 Å². The second-order valence-corrected chi connectivity index (χ2v) is 9.35. The fourth-order valence-corrected chi connectivity index (χ4v) is 3.77. The van der Waals surface area contributed by atoms with Gasteiger partial charge in [0, 0.05) is 13.7 Å². The van der Waals surface area contributed by atoms with Crippen molar-refractivity contribution >= 4 is 12.1 Å². The highest BCUT2D eigenvalue weighted by atomic mass is 16.8. The summed E-state index contributed by atoms with van der Waals surface area (Å²) in [5, 5.41) is 2.64. The Labute approximate surface area is 188 Å². The monoisotopic (exact) mass is 451 g/mol. The minimum absolute atomic E-state index is 0.0596. The maximum atomic E-state index is 13.1. The maximum Gasteiger partial charge on any atom is 0.407 e. The molecule has 0 radical (unpaired) electrons.